The summed E-state index contributed by atoms with van der Waals surface area (Å²) in [4.78, 5) is 20.4. The van der Waals surface area contributed by atoms with E-state index in [-0.39, 0.29) is 16.4 Å². The van der Waals surface area contributed by atoms with Gasteiger partial charge in [0, 0.05) is 24.3 Å². The number of anilines is 2. The molecule has 3 heterocycles. The minimum Gasteiger partial charge on any atom is -0.321 e. The van der Waals surface area contributed by atoms with Gasteiger partial charge in [-0.3, -0.25) is 9.52 Å². The van der Waals surface area contributed by atoms with E-state index in [2.05, 4.69) is 20.0 Å². The van der Waals surface area contributed by atoms with Gasteiger partial charge in [0.05, 0.1) is 4.90 Å². The molecule has 0 aliphatic carbocycles. The maximum absolute atomic E-state index is 13.3. The molecule has 8 nitrogen and oxygen atoms in total. The number of aromatic nitrogens is 3. The van der Waals surface area contributed by atoms with E-state index >= 15 is 0 Å². The Morgan fingerprint density at radius 3 is 2.52 bits per heavy atom. The zero-order valence-corrected chi connectivity index (χ0v) is 15.6. The molecule has 0 spiro atoms. The number of carbonyl (C=O) groups excluding carboxylic acids is 1. The maximum atomic E-state index is 13.3. The highest BCUT2D eigenvalue weighted by atomic mass is 32.2. The molecule has 10 heteroatoms. The third kappa shape index (κ3) is 4.06. The lowest BCUT2D eigenvalue weighted by Gasteiger charge is -2.08. The molecule has 3 aromatic heterocycles. The fraction of sp³-hybridized carbons (Fsp3) is 0. The monoisotopic (exact) mass is 411 g/mol. The summed E-state index contributed by atoms with van der Waals surface area (Å²) in [7, 11) is -3.81. The number of pyridine rings is 2. The first-order valence-electron chi connectivity index (χ1n) is 8.40. The Morgan fingerprint density at radius 1 is 1.00 bits per heavy atom. The SMILES string of the molecule is O=C(Nc1ccc(S(=O)(=O)Nc2ccccn2)cc1)c1cn2cc(F)ccc2n1. The number of fused-ring (bicyclic) bond motifs is 1. The van der Waals surface area contributed by atoms with E-state index in [1.807, 2.05) is 0 Å². The molecule has 0 saturated carbocycles. The van der Waals surface area contributed by atoms with Gasteiger partial charge in [-0.2, -0.15) is 0 Å². The van der Waals surface area contributed by atoms with Crippen molar-refractivity contribution >= 4 is 33.1 Å². The van der Waals surface area contributed by atoms with E-state index in [1.165, 1.54) is 65.5 Å². The summed E-state index contributed by atoms with van der Waals surface area (Å²) >= 11 is 0. The van der Waals surface area contributed by atoms with E-state index in [4.69, 9.17) is 0 Å². The lowest BCUT2D eigenvalue weighted by atomic mass is 10.3. The first-order valence-corrected chi connectivity index (χ1v) is 9.88. The standard InChI is InChI=1S/C19H14FN5O3S/c20-13-4-9-18-23-16(12-25(18)11-13)19(26)22-14-5-7-15(8-6-14)29(27,28)24-17-3-1-2-10-21-17/h1-12H,(H,21,24)(H,22,26). The quantitative estimate of drug-likeness (QED) is 0.525. The predicted octanol–water partition coefficient (Wildman–Crippen LogP) is 2.92. The first kappa shape index (κ1) is 18.6. The molecule has 0 radical (unpaired) electrons. The van der Waals surface area contributed by atoms with Crippen molar-refractivity contribution in [3.05, 3.63) is 84.7 Å². The molecule has 0 atom stereocenters. The minimum atomic E-state index is -3.81. The molecule has 0 fully saturated rings. The van der Waals surface area contributed by atoms with Gasteiger partial charge < -0.3 is 9.72 Å². The van der Waals surface area contributed by atoms with Gasteiger partial charge in [-0.05, 0) is 48.5 Å². The van der Waals surface area contributed by atoms with Gasteiger partial charge >= 0.3 is 0 Å². The van der Waals surface area contributed by atoms with Crippen LogP contribution < -0.4 is 10.0 Å². The highest BCUT2D eigenvalue weighted by Crippen LogP contribution is 2.18. The van der Waals surface area contributed by atoms with Crippen LogP contribution in [-0.2, 0) is 10.0 Å². The van der Waals surface area contributed by atoms with Crippen LogP contribution in [0, 0.1) is 5.82 Å². The average molecular weight is 411 g/mol. The molecule has 0 bridgehead atoms. The average Bonchev–Trinajstić information content (AvgIpc) is 3.12. The number of hydrogen-bond acceptors (Lipinski definition) is 5. The molecule has 29 heavy (non-hydrogen) atoms. The molecule has 0 unspecified atom stereocenters. The number of sulfonamides is 1. The summed E-state index contributed by atoms with van der Waals surface area (Å²) in [6.07, 6.45) is 4.10. The molecule has 0 aliphatic rings. The largest absolute Gasteiger partial charge is 0.321 e. The Kier molecular flexibility index (Phi) is 4.69. The van der Waals surface area contributed by atoms with Crippen molar-refractivity contribution in [1.82, 2.24) is 14.4 Å². The number of benzene rings is 1. The zero-order chi connectivity index (χ0) is 20.4. The second-order valence-corrected chi connectivity index (χ2v) is 7.72. The van der Waals surface area contributed by atoms with Crippen molar-refractivity contribution < 1.29 is 17.6 Å². The number of nitrogens with one attached hydrogen (secondary N) is 2. The summed E-state index contributed by atoms with van der Waals surface area (Å²) in [6, 6.07) is 13.2. The fourth-order valence-corrected chi connectivity index (χ4v) is 3.61. The highest BCUT2D eigenvalue weighted by Gasteiger charge is 2.16. The number of carbonyl (C=O) groups is 1. The van der Waals surface area contributed by atoms with Crippen LogP contribution in [0.25, 0.3) is 5.65 Å². The Labute approximate surface area is 165 Å². The molecule has 1 amide bonds. The van der Waals surface area contributed by atoms with Crippen LogP contribution in [0.15, 0.2) is 78.1 Å². The van der Waals surface area contributed by atoms with Gasteiger partial charge in [-0.15, -0.1) is 0 Å². The van der Waals surface area contributed by atoms with Crippen molar-refractivity contribution in [2.75, 3.05) is 10.0 Å². The Hall–Kier alpha value is -3.79. The number of nitrogens with zero attached hydrogens (tertiary/aromatic N) is 3. The number of hydrogen-bond donors (Lipinski definition) is 2. The topological polar surface area (TPSA) is 105 Å². The zero-order valence-electron chi connectivity index (χ0n) is 14.8. The van der Waals surface area contributed by atoms with Crippen LogP contribution in [0.5, 0.6) is 0 Å². The molecule has 4 aromatic rings. The van der Waals surface area contributed by atoms with Crippen molar-refractivity contribution in [2.45, 2.75) is 4.90 Å². The highest BCUT2D eigenvalue weighted by molar-refractivity contribution is 7.92. The predicted molar refractivity (Wildman–Crippen MR) is 105 cm³/mol. The van der Waals surface area contributed by atoms with E-state index < -0.39 is 21.7 Å². The van der Waals surface area contributed by atoms with E-state index in [0.717, 1.165) is 0 Å². The molecular weight excluding hydrogens is 397 g/mol. The molecule has 0 saturated heterocycles. The second kappa shape index (κ2) is 7.32. The van der Waals surface area contributed by atoms with Crippen LogP contribution in [-0.4, -0.2) is 28.7 Å². The summed E-state index contributed by atoms with van der Waals surface area (Å²) in [5, 5.41) is 2.63. The van der Waals surface area contributed by atoms with Crippen LogP contribution in [0.4, 0.5) is 15.9 Å². The maximum Gasteiger partial charge on any atom is 0.275 e. The normalized spacial score (nSPS) is 11.3. The van der Waals surface area contributed by atoms with Crippen molar-refractivity contribution in [2.24, 2.45) is 0 Å². The van der Waals surface area contributed by atoms with Crippen molar-refractivity contribution in [3.63, 3.8) is 0 Å². The Bertz CT molecular complexity index is 1290. The van der Waals surface area contributed by atoms with E-state index in [0.29, 0.717) is 11.3 Å². The van der Waals surface area contributed by atoms with Gasteiger partial charge in [0.1, 0.15) is 23.0 Å². The summed E-state index contributed by atoms with van der Waals surface area (Å²) in [5.41, 5.74) is 0.915. The number of rotatable bonds is 5. The molecule has 146 valence electrons. The van der Waals surface area contributed by atoms with Crippen LogP contribution >= 0.6 is 0 Å². The minimum absolute atomic E-state index is 0.0179. The fourth-order valence-electron chi connectivity index (χ4n) is 2.61. The van der Waals surface area contributed by atoms with Gasteiger partial charge in [0.2, 0.25) is 0 Å². The van der Waals surface area contributed by atoms with Crippen LogP contribution in [0.1, 0.15) is 10.5 Å². The van der Waals surface area contributed by atoms with Gasteiger partial charge in [-0.1, -0.05) is 6.07 Å². The lowest BCUT2D eigenvalue weighted by Crippen LogP contribution is -2.15. The smallest absolute Gasteiger partial charge is 0.275 e. The Balaban J connectivity index is 1.49. The summed E-state index contributed by atoms with van der Waals surface area (Å²) in [5.74, 6) is -0.748. The number of halogens is 1. The summed E-state index contributed by atoms with van der Waals surface area (Å²) in [6.45, 7) is 0. The third-order valence-electron chi connectivity index (χ3n) is 3.97. The van der Waals surface area contributed by atoms with Crippen LogP contribution in [0.3, 0.4) is 0 Å². The summed E-state index contributed by atoms with van der Waals surface area (Å²) < 4.78 is 41.8. The molecule has 1 aromatic carbocycles. The van der Waals surface area contributed by atoms with Gasteiger partial charge in [-0.25, -0.2) is 22.8 Å². The lowest BCUT2D eigenvalue weighted by molar-refractivity contribution is 0.102. The molecular formula is C19H14FN5O3S. The van der Waals surface area contributed by atoms with Gasteiger partial charge in [0.15, 0.2) is 0 Å². The molecule has 0 aliphatic heterocycles. The Morgan fingerprint density at radius 2 is 1.79 bits per heavy atom. The van der Waals surface area contributed by atoms with E-state index in [9.17, 15) is 17.6 Å². The number of amides is 1. The van der Waals surface area contributed by atoms with Gasteiger partial charge in [0.25, 0.3) is 15.9 Å². The first-order chi connectivity index (χ1) is 13.9. The van der Waals surface area contributed by atoms with Crippen LogP contribution in [0.2, 0.25) is 0 Å². The molecule has 4 rings (SSSR count). The second-order valence-electron chi connectivity index (χ2n) is 6.04. The third-order valence-corrected chi connectivity index (χ3v) is 5.34. The number of imidazole rings is 1. The van der Waals surface area contributed by atoms with E-state index in [1.54, 1.807) is 12.1 Å². The molecule has 2 N–H and O–H groups in total. The van der Waals surface area contributed by atoms with Crippen molar-refractivity contribution in [1.29, 1.82) is 0 Å². The van der Waals surface area contributed by atoms with Crippen molar-refractivity contribution in [3.8, 4) is 0 Å².